The SMILES string of the molecule is Cc1cccc(CN(Cc2cccc(C)n2)CC2CCNCC2)n1. The topological polar surface area (TPSA) is 41.1 Å². The molecule has 0 aliphatic carbocycles. The van der Waals surface area contributed by atoms with E-state index in [2.05, 4.69) is 60.5 Å². The average Bonchev–Trinajstić information content (AvgIpc) is 2.56. The Labute approximate surface area is 145 Å². The molecule has 3 rings (SSSR count). The molecule has 2 aromatic heterocycles. The first-order valence-corrected chi connectivity index (χ1v) is 8.97. The highest BCUT2D eigenvalue weighted by Gasteiger charge is 2.18. The number of aryl methyl sites for hydroxylation is 2. The lowest BCUT2D eigenvalue weighted by Gasteiger charge is -2.30. The van der Waals surface area contributed by atoms with Crippen LogP contribution in [0.3, 0.4) is 0 Å². The zero-order valence-corrected chi connectivity index (χ0v) is 14.8. The minimum Gasteiger partial charge on any atom is -0.317 e. The molecule has 0 unspecified atom stereocenters. The number of hydrogen-bond acceptors (Lipinski definition) is 4. The highest BCUT2D eigenvalue weighted by Crippen LogP contribution is 2.17. The van der Waals surface area contributed by atoms with Crippen LogP contribution in [0.25, 0.3) is 0 Å². The summed E-state index contributed by atoms with van der Waals surface area (Å²) in [6.45, 7) is 9.30. The molecule has 4 nitrogen and oxygen atoms in total. The molecule has 0 amide bonds. The van der Waals surface area contributed by atoms with E-state index in [-0.39, 0.29) is 0 Å². The number of nitrogens with one attached hydrogen (secondary N) is 1. The van der Waals surface area contributed by atoms with Crippen molar-refractivity contribution in [3.8, 4) is 0 Å². The standard InChI is InChI=1S/C20H28N4/c1-16-5-3-7-19(22-16)14-24(13-18-9-11-21-12-10-18)15-20-8-4-6-17(2)23-20/h3-8,18,21H,9-15H2,1-2H3. The predicted octanol–water partition coefficient (Wildman–Crippen LogP) is 3.10. The Hall–Kier alpha value is -1.78. The van der Waals surface area contributed by atoms with Crippen molar-refractivity contribution >= 4 is 0 Å². The maximum Gasteiger partial charge on any atom is 0.0547 e. The summed E-state index contributed by atoms with van der Waals surface area (Å²) >= 11 is 0. The van der Waals surface area contributed by atoms with Crippen molar-refractivity contribution in [1.29, 1.82) is 0 Å². The summed E-state index contributed by atoms with van der Waals surface area (Å²) in [6, 6.07) is 12.6. The van der Waals surface area contributed by atoms with Gasteiger partial charge in [-0.3, -0.25) is 14.9 Å². The van der Waals surface area contributed by atoms with Crippen molar-refractivity contribution in [3.63, 3.8) is 0 Å². The first-order valence-electron chi connectivity index (χ1n) is 8.97. The molecule has 3 heterocycles. The van der Waals surface area contributed by atoms with Crippen LogP contribution < -0.4 is 5.32 Å². The maximum atomic E-state index is 4.69. The van der Waals surface area contributed by atoms with E-state index >= 15 is 0 Å². The molecule has 0 spiro atoms. The van der Waals surface area contributed by atoms with Gasteiger partial charge in [0.25, 0.3) is 0 Å². The second kappa shape index (κ2) is 8.36. The first kappa shape index (κ1) is 17.1. The Kier molecular flexibility index (Phi) is 5.94. The molecule has 128 valence electrons. The van der Waals surface area contributed by atoms with E-state index in [0.29, 0.717) is 0 Å². The number of piperidine rings is 1. The van der Waals surface area contributed by atoms with Crippen molar-refractivity contribution in [2.45, 2.75) is 39.8 Å². The lowest BCUT2D eigenvalue weighted by molar-refractivity contribution is 0.187. The van der Waals surface area contributed by atoms with Crippen LogP contribution in [0.4, 0.5) is 0 Å². The Morgan fingerprint density at radius 1 is 0.917 bits per heavy atom. The van der Waals surface area contributed by atoms with Gasteiger partial charge in [-0.2, -0.15) is 0 Å². The Balaban J connectivity index is 1.71. The van der Waals surface area contributed by atoms with Gasteiger partial charge in [-0.05, 0) is 70.0 Å². The molecule has 0 atom stereocenters. The van der Waals surface area contributed by atoms with Crippen LogP contribution in [0.5, 0.6) is 0 Å². The highest BCUT2D eigenvalue weighted by molar-refractivity contribution is 5.12. The van der Waals surface area contributed by atoms with Crippen LogP contribution in [-0.2, 0) is 13.1 Å². The molecule has 1 saturated heterocycles. The molecule has 1 aliphatic heterocycles. The van der Waals surface area contributed by atoms with Gasteiger partial charge in [-0.25, -0.2) is 0 Å². The molecule has 24 heavy (non-hydrogen) atoms. The Morgan fingerprint density at radius 2 is 1.46 bits per heavy atom. The van der Waals surface area contributed by atoms with Gasteiger partial charge in [0, 0.05) is 31.0 Å². The molecule has 0 radical (unpaired) electrons. The van der Waals surface area contributed by atoms with Crippen LogP contribution in [-0.4, -0.2) is 34.5 Å². The number of aromatic nitrogens is 2. The fourth-order valence-corrected chi connectivity index (χ4v) is 3.45. The molecular formula is C20H28N4. The quantitative estimate of drug-likeness (QED) is 0.886. The number of rotatable bonds is 6. The van der Waals surface area contributed by atoms with Gasteiger partial charge < -0.3 is 5.32 Å². The third kappa shape index (κ3) is 5.11. The molecule has 1 N–H and O–H groups in total. The second-order valence-corrected chi connectivity index (χ2v) is 6.90. The van der Waals surface area contributed by atoms with E-state index in [9.17, 15) is 0 Å². The summed E-state index contributed by atoms with van der Waals surface area (Å²) in [5.74, 6) is 0.765. The zero-order valence-electron chi connectivity index (χ0n) is 14.8. The summed E-state index contributed by atoms with van der Waals surface area (Å²) in [4.78, 5) is 11.9. The second-order valence-electron chi connectivity index (χ2n) is 6.90. The molecule has 0 saturated carbocycles. The lowest BCUT2D eigenvalue weighted by Crippen LogP contribution is -2.36. The van der Waals surface area contributed by atoms with Crippen LogP contribution in [0, 0.1) is 19.8 Å². The van der Waals surface area contributed by atoms with E-state index in [1.165, 1.54) is 12.8 Å². The van der Waals surface area contributed by atoms with E-state index in [1.54, 1.807) is 0 Å². The van der Waals surface area contributed by atoms with E-state index < -0.39 is 0 Å². The largest absolute Gasteiger partial charge is 0.317 e. The summed E-state index contributed by atoms with van der Waals surface area (Å²) in [5, 5.41) is 3.46. The summed E-state index contributed by atoms with van der Waals surface area (Å²) in [7, 11) is 0. The normalized spacial score (nSPS) is 15.8. The molecule has 1 fully saturated rings. The fourth-order valence-electron chi connectivity index (χ4n) is 3.45. The van der Waals surface area contributed by atoms with Crippen molar-refractivity contribution < 1.29 is 0 Å². The van der Waals surface area contributed by atoms with Crippen LogP contribution in [0.2, 0.25) is 0 Å². The monoisotopic (exact) mass is 324 g/mol. The molecule has 4 heteroatoms. The van der Waals surface area contributed by atoms with Crippen molar-refractivity contribution in [2.24, 2.45) is 5.92 Å². The van der Waals surface area contributed by atoms with Crippen LogP contribution in [0.15, 0.2) is 36.4 Å². The molecule has 0 aromatic carbocycles. The average molecular weight is 324 g/mol. The molecule has 2 aromatic rings. The minimum absolute atomic E-state index is 0.765. The Morgan fingerprint density at radius 3 is 1.96 bits per heavy atom. The fraction of sp³-hybridized carbons (Fsp3) is 0.500. The molecule has 0 bridgehead atoms. The third-order valence-electron chi connectivity index (χ3n) is 4.64. The van der Waals surface area contributed by atoms with Gasteiger partial charge in [-0.1, -0.05) is 12.1 Å². The van der Waals surface area contributed by atoms with E-state index in [1.807, 2.05) is 0 Å². The minimum atomic E-state index is 0.765. The van der Waals surface area contributed by atoms with Crippen molar-refractivity contribution in [2.75, 3.05) is 19.6 Å². The predicted molar refractivity (Wildman–Crippen MR) is 97.7 cm³/mol. The highest BCUT2D eigenvalue weighted by atomic mass is 15.1. The van der Waals surface area contributed by atoms with Gasteiger partial charge in [-0.15, -0.1) is 0 Å². The summed E-state index contributed by atoms with van der Waals surface area (Å²) in [6.07, 6.45) is 2.53. The summed E-state index contributed by atoms with van der Waals surface area (Å²) in [5.41, 5.74) is 4.47. The van der Waals surface area contributed by atoms with Gasteiger partial charge in [0.2, 0.25) is 0 Å². The third-order valence-corrected chi connectivity index (χ3v) is 4.64. The van der Waals surface area contributed by atoms with Crippen LogP contribution in [0.1, 0.15) is 35.6 Å². The van der Waals surface area contributed by atoms with Gasteiger partial charge in [0.1, 0.15) is 0 Å². The van der Waals surface area contributed by atoms with Gasteiger partial charge >= 0.3 is 0 Å². The van der Waals surface area contributed by atoms with Crippen molar-refractivity contribution in [3.05, 3.63) is 59.2 Å². The zero-order chi connectivity index (χ0) is 16.8. The van der Waals surface area contributed by atoms with E-state index in [0.717, 1.165) is 61.4 Å². The van der Waals surface area contributed by atoms with Crippen molar-refractivity contribution in [1.82, 2.24) is 20.2 Å². The van der Waals surface area contributed by atoms with Gasteiger partial charge in [0.15, 0.2) is 0 Å². The molecule has 1 aliphatic rings. The number of pyridine rings is 2. The maximum absolute atomic E-state index is 4.69. The van der Waals surface area contributed by atoms with E-state index in [4.69, 9.17) is 9.97 Å². The lowest BCUT2D eigenvalue weighted by atomic mass is 9.97. The van der Waals surface area contributed by atoms with Gasteiger partial charge in [0.05, 0.1) is 11.4 Å². The number of hydrogen-bond donors (Lipinski definition) is 1. The first-order chi connectivity index (χ1) is 11.7. The Bertz CT molecular complexity index is 602. The van der Waals surface area contributed by atoms with Crippen LogP contribution >= 0.6 is 0 Å². The smallest absolute Gasteiger partial charge is 0.0547 e. The molecular weight excluding hydrogens is 296 g/mol. The summed E-state index contributed by atoms with van der Waals surface area (Å²) < 4.78 is 0. The number of nitrogens with zero attached hydrogens (tertiary/aromatic N) is 3.